The number of hydrogen-bond donors (Lipinski definition) is 9. The van der Waals surface area contributed by atoms with Crippen LogP contribution in [0.1, 0.15) is 38.2 Å². The number of benzene rings is 1. The van der Waals surface area contributed by atoms with Crippen molar-refractivity contribution in [3.8, 4) is 5.75 Å². The summed E-state index contributed by atoms with van der Waals surface area (Å²) in [6.07, 6.45) is -2.52. The number of carbonyl (C=O) groups is 6. The molecule has 0 fully saturated rings. The summed E-state index contributed by atoms with van der Waals surface area (Å²) in [6.45, 7) is 1.14. The van der Waals surface area contributed by atoms with Crippen LogP contribution < -0.4 is 33.2 Å². The first-order chi connectivity index (χ1) is 17.7. The lowest BCUT2D eigenvalue weighted by Crippen LogP contribution is -2.58. The number of hydrogen-bond acceptors (Lipinski definition) is 9. The second kappa shape index (κ2) is 15.1. The minimum atomic E-state index is -1.70. The molecule has 38 heavy (non-hydrogen) atoms. The highest BCUT2D eigenvalue weighted by molar-refractivity contribution is 5.94. The lowest BCUT2D eigenvalue weighted by molar-refractivity contribution is -0.145. The van der Waals surface area contributed by atoms with Gasteiger partial charge in [0.2, 0.25) is 29.5 Å². The van der Waals surface area contributed by atoms with Crippen molar-refractivity contribution in [3.63, 3.8) is 0 Å². The Labute approximate surface area is 218 Å². The number of aliphatic hydroxyl groups excluding tert-OH is 1. The largest absolute Gasteiger partial charge is 0.508 e. The number of amides is 5. The smallest absolute Gasteiger partial charge is 0.328 e. The molecule has 12 N–H and O–H groups in total. The van der Waals surface area contributed by atoms with Crippen LogP contribution in [-0.2, 0) is 35.2 Å². The molecule has 1 rings (SSSR count). The van der Waals surface area contributed by atoms with Gasteiger partial charge in [-0.15, -0.1) is 0 Å². The van der Waals surface area contributed by atoms with Crippen molar-refractivity contribution in [2.45, 2.75) is 69.3 Å². The fraction of sp³-hybridized carbons (Fsp3) is 0.478. The van der Waals surface area contributed by atoms with Gasteiger partial charge in [0.15, 0.2) is 6.04 Å². The van der Waals surface area contributed by atoms with Crippen LogP contribution in [0.4, 0.5) is 0 Å². The van der Waals surface area contributed by atoms with Crippen LogP contribution in [0.2, 0.25) is 0 Å². The third kappa shape index (κ3) is 11.2. The molecule has 0 aromatic heterocycles. The molecular weight excluding hydrogens is 504 g/mol. The zero-order chi connectivity index (χ0) is 29.0. The summed E-state index contributed by atoms with van der Waals surface area (Å²) in [5, 5.41) is 35.3. The number of primary amides is 2. The molecule has 5 amide bonds. The number of rotatable bonds is 16. The van der Waals surface area contributed by atoms with Gasteiger partial charge in [-0.3, -0.25) is 24.0 Å². The predicted molar refractivity (Wildman–Crippen MR) is 132 cm³/mol. The van der Waals surface area contributed by atoms with Crippen molar-refractivity contribution in [2.75, 3.05) is 0 Å². The molecule has 210 valence electrons. The van der Waals surface area contributed by atoms with Crippen molar-refractivity contribution in [3.05, 3.63) is 29.8 Å². The highest BCUT2D eigenvalue weighted by Crippen LogP contribution is 2.12. The number of aliphatic carboxylic acids is 1. The summed E-state index contributed by atoms with van der Waals surface area (Å²) in [7, 11) is 0. The van der Waals surface area contributed by atoms with Crippen LogP contribution in [0.25, 0.3) is 0 Å². The van der Waals surface area contributed by atoms with Crippen molar-refractivity contribution in [1.29, 1.82) is 0 Å². The SMILES string of the molecule is CC(O)C(NC(=O)C(CCC(N)=O)NC(=O)C(Cc1ccc(O)cc1)NC(=O)C(N)CCC(N)=O)C(=O)O. The van der Waals surface area contributed by atoms with Crippen LogP contribution in [0.5, 0.6) is 5.75 Å². The fourth-order valence-corrected chi connectivity index (χ4v) is 3.25. The van der Waals surface area contributed by atoms with E-state index in [9.17, 15) is 44.1 Å². The Morgan fingerprint density at radius 3 is 1.82 bits per heavy atom. The Balaban J connectivity index is 3.16. The van der Waals surface area contributed by atoms with Gasteiger partial charge in [0.1, 0.15) is 17.8 Å². The van der Waals surface area contributed by atoms with Gasteiger partial charge in [-0.2, -0.15) is 0 Å². The molecule has 0 spiro atoms. The maximum absolute atomic E-state index is 13.2. The fourth-order valence-electron chi connectivity index (χ4n) is 3.25. The Hall–Kier alpha value is -4.24. The number of carbonyl (C=O) groups excluding carboxylic acids is 5. The Bertz CT molecular complexity index is 1020. The monoisotopic (exact) mass is 538 g/mol. The number of carboxylic acids is 1. The van der Waals surface area contributed by atoms with Crippen LogP contribution >= 0.6 is 0 Å². The van der Waals surface area contributed by atoms with Crippen molar-refractivity contribution >= 4 is 35.5 Å². The molecule has 0 aliphatic heterocycles. The maximum Gasteiger partial charge on any atom is 0.328 e. The summed E-state index contributed by atoms with van der Waals surface area (Å²) in [5.74, 6) is -5.73. The van der Waals surface area contributed by atoms with Crippen molar-refractivity contribution < 1.29 is 44.1 Å². The number of aromatic hydroxyl groups is 1. The minimum Gasteiger partial charge on any atom is -0.508 e. The summed E-state index contributed by atoms with van der Waals surface area (Å²) < 4.78 is 0. The molecule has 0 saturated heterocycles. The lowest BCUT2D eigenvalue weighted by atomic mass is 10.0. The van der Waals surface area contributed by atoms with E-state index >= 15 is 0 Å². The minimum absolute atomic E-state index is 0.0402. The number of carboxylic acid groups (broad SMARTS) is 1. The average molecular weight is 539 g/mol. The number of phenols is 1. The summed E-state index contributed by atoms with van der Waals surface area (Å²) in [5.41, 5.74) is 16.5. The van der Waals surface area contributed by atoms with Gasteiger partial charge in [-0.1, -0.05) is 12.1 Å². The zero-order valence-corrected chi connectivity index (χ0v) is 20.8. The van der Waals surface area contributed by atoms with Gasteiger partial charge in [0.05, 0.1) is 12.1 Å². The van der Waals surface area contributed by atoms with Gasteiger partial charge >= 0.3 is 5.97 Å². The molecule has 0 bridgehead atoms. The van der Waals surface area contributed by atoms with E-state index in [1.807, 2.05) is 0 Å². The van der Waals surface area contributed by atoms with Crippen LogP contribution in [0.3, 0.4) is 0 Å². The number of aliphatic hydroxyl groups is 1. The van der Waals surface area contributed by atoms with E-state index in [-0.39, 0.29) is 37.9 Å². The molecule has 0 saturated carbocycles. The number of nitrogens with one attached hydrogen (secondary N) is 3. The predicted octanol–water partition coefficient (Wildman–Crippen LogP) is -3.29. The highest BCUT2D eigenvalue weighted by atomic mass is 16.4. The van der Waals surface area contributed by atoms with Crippen LogP contribution in [-0.4, -0.2) is 81.1 Å². The first kappa shape index (κ1) is 31.8. The number of nitrogens with two attached hydrogens (primary N) is 3. The number of phenolic OH excluding ortho intramolecular Hbond substituents is 1. The molecule has 0 aliphatic rings. The van der Waals surface area contributed by atoms with Gasteiger partial charge in [0.25, 0.3) is 0 Å². The third-order valence-corrected chi connectivity index (χ3v) is 5.41. The van der Waals surface area contributed by atoms with E-state index in [2.05, 4.69) is 16.0 Å². The standard InChI is InChI=1S/C23H34N6O9/c1-11(30)19(23(37)38)29-21(35)15(7-9-18(26)33)27-22(36)16(10-12-2-4-13(31)5-3-12)28-20(34)14(24)6-8-17(25)32/h2-5,11,14-16,19,30-31H,6-10,24H2,1H3,(H2,25,32)(H2,26,33)(H,27,36)(H,28,34)(H,29,35)(H,37,38). The molecule has 5 unspecified atom stereocenters. The van der Waals surface area contributed by atoms with Gasteiger partial charge in [-0.05, 0) is 37.5 Å². The molecule has 0 heterocycles. The molecule has 1 aromatic rings. The van der Waals surface area contributed by atoms with E-state index in [1.165, 1.54) is 24.3 Å². The summed E-state index contributed by atoms with van der Waals surface area (Å²) >= 11 is 0. The molecular formula is C23H34N6O9. The van der Waals surface area contributed by atoms with E-state index in [1.54, 1.807) is 0 Å². The first-order valence-corrected chi connectivity index (χ1v) is 11.6. The topological polar surface area (TPSA) is 277 Å². The molecule has 0 radical (unpaired) electrons. The van der Waals surface area contributed by atoms with E-state index in [4.69, 9.17) is 17.2 Å². The van der Waals surface area contributed by atoms with E-state index in [0.717, 1.165) is 6.92 Å². The van der Waals surface area contributed by atoms with E-state index in [0.29, 0.717) is 5.56 Å². The molecule has 0 aliphatic carbocycles. The molecule has 5 atom stereocenters. The molecule has 1 aromatic carbocycles. The second-order valence-electron chi connectivity index (χ2n) is 8.67. The van der Waals surface area contributed by atoms with Crippen molar-refractivity contribution in [2.24, 2.45) is 17.2 Å². The Morgan fingerprint density at radius 1 is 0.816 bits per heavy atom. The maximum atomic E-state index is 13.2. The second-order valence-corrected chi connectivity index (χ2v) is 8.67. The van der Waals surface area contributed by atoms with Crippen LogP contribution in [0, 0.1) is 0 Å². The highest BCUT2D eigenvalue weighted by Gasteiger charge is 2.32. The van der Waals surface area contributed by atoms with Gasteiger partial charge in [-0.25, -0.2) is 4.79 Å². The van der Waals surface area contributed by atoms with Gasteiger partial charge in [0, 0.05) is 19.3 Å². The first-order valence-electron chi connectivity index (χ1n) is 11.6. The lowest BCUT2D eigenvalue weighted by Gasteiger charge is -2.25. The molecule has 15 nitrogen and oxygen atoms in total. The Morgan fingerprint density at radius 2 is 1.32 bits per heavy atom. The quantitative estimate of drug-likeness (QED) is 0.101. The van der Waals surface area contributed by atoms with Gasteiger partial charge < -0.3 is 48.5 Å². The third-order valence-electron chi connectivity index (χ3n) is 5.41. The zero-order valence-electron chi connectivity index (χ0n) is 20.8. The van der Waals surface area contributed by atoms with E-state index < -0.39 is 65.8 Å². The Kier molecular flexibility index (Phi) is 12.6. The molecule has 15 heteroatoms. The normalized spacial score (nSPS) is 14.7. The van der Waals surface area contributed by atoms with Crippen LogP contribution in [0.15, 0.2) is 24.3 Å². The van der Waals surface area contributed by atoms with Crippen molar-refractivity contribution in [1.82, 2.24) is 16.0 Å². The average Bonchev–Trinajstić information content (AvgIpc) is 2.83. The summed E-state index contributed by atoms with van der Waals surface area (Å²) in [6, 6.07) is 0.0329. The summed E-state index contributed by atoms with van der Waals surface area (Å²) in [4.78, 5) is 72.3.